The highest BCUT2D eigenvalue weighted by Crippen LogP contribution is 2.30. The first-order chi connectivity index (χ1) is 14.5. The second-order valence-corrected chi connectivity index (χ2v) is 7.74. The first-order valence-corrected chi connectivity index (χ1v) is 10.4. The number of guanidine groups is 1. The van der Waals surface area contributed by atoms with Crippen LogP contribution in [0.5, 0.6) is 5.75 Å². The molecule has 1 fully saturated rings. The summed E-state index contributed by atoms with van der Waals surface area (Å²) in [5.74, 6) is 2.75. The normalized spacial score (nSPS) is 13.2. The average Bonchev–Trinajstić information content (AvgIpc) is 3.56. The molecule has 7 nitrogen and oxygen atoms in total. The lowest BCUT2D eigenvalue weighted by atomic mass is 10.1. The Bertz CT molecular complexity index is 882. The average molecular weight is 537 g/mol. The van der Waals surface area contributed by atoms with Crippen molar-refractivity contribution in [2.24, 2.45) is 10.9 Å². The van der Waals surface area contributed by atoms with Gasteiger partial charge in [0.2, 0.25) is 5.91 Å². The summed E-state index contributed by atoms with van der Waals surface area (Å²) in [6.45, 7) is 5.88. The minimum Gasteiger partial charge on any atom is -0.493 e. The van der Waals surface area contributed by atoms with Crippen LogP contribution in [0, 0.1) is 19.8 Å². The van der Waals surface area contributed by atoms with Crippen molar-refractivity contribution in [2.75, 3.05) is 25.5 Å². The fraction of sp³-hybridized carbons (Fsp3) is 0.435. The number of pyridine rings is 1. The lowest BCUT2D eigenvalue weighted by Crippen LogP contribution is -2.38. The number of nitrogens with zero attached hydrogens (tertiary/aromatic N) is 2. The fourth-order valence-corrected chi connectivity index (χ4v) is 2.88. The van der Waals surface area contributed by atoms with Gasteiger partial charge in [0.1, 0.15) is 11.6 Å². The van der Waals surface area contributed by atoms with Crippen molar-refractivity contribution in [3.63, 3.8) is 0 Å². The number of aryl methyl sites for hydroxylation is 2. The number of amides is 1. The summed E-state index contributed by atoms with van der Waals surface area (Å²) >= 11 is 0. The summed E-state index contributed by atoms with van der Waals surface area (Å²) in [7, 11) is 1.71. The Kier molecular flexibility index (Phi) is 10.0. The third-order valence-corrected chi connectivity index (χ3v) is 4.89. The van der Waals surface area contributed by atoms with Gasteiger partial charge < -0.3 is 20.7 Å². The van der Waals surface area contributed by atoms with Crippen LogP contribution in [0.1, 0.15) is 36.0 Å². The number of anilines is 1. The molecule has 8 heteroatoms. The number of carbonyl (C=O) groups excluding carboxylic acids is 1. The molecule has 1 heterocycles. The lowest BCUT2D eigenvalue weighted by Gasteiger charge is -2.15. The topological polar surface area (TPSA) is 87.6 Å². The van der Waals surface area contributed by atoms with Crippen LogP contribution in [0.4, 0.5) is 5.82 Å². The number of benzene rings is 1. The molecule has 1 aliphatic carbocycles. The predicted octanol–water partition coefficient (Wildman–Crippen LogP) is 3.80. The minimum atomic E-state index is -0.0939. The molecule has 2 aromatic rings. The highest BCUT2D eigenvalue weighted by molar-refractivity contribution is 14.0. The number of aromatic nitrogens is 1. The van der Waals surface area contributed by atoms with Crippen molar-refractivity contribution < 1.29 is 9.53 Å². The predicted molar refractivity (Wildman–Crippen MR) is 135 cm³/mol. The minimum absolute atomic E-state index is 0. The van der Waals surface area contributed by atoms with E-state index in [1.807, 2.05) is 13.0 Å². The molecule has 168 valence electrons. The third-order valence-electron chi connectivity index (χ3n) is 4.89. The van der Waals surface area contributed by atoms with E-state index in [1.165, 1.54) is 18.4 Å². The Morgan fingerprint density at radius 1 is 1.16 bits per heavy atom. The van der Waals surface area contributed by atoms with Gasteiger partial charge >= 0.3 is 0 Å². The number of nitrogens with one attached hydrogen (secondary N) is 3. The lowest BCUT2D eigenvalue weighted by molar-refractivity contribution is -0.116. The molecule has 0 radical (unpaired) electrons. The highest BCUT2D eigenvalue weighted by atomic mass is 127. The van der Waals surface area contributed by atoms with E-state index < -0.39 is 0 Å². The van der Waals surface area contributed by atoms with Gasteiger partial charge in [0.15, 0.2) is 5.96 Å². The van der Waals surface area contributed by atoms with Crippen LogP contribution < -0.4 is 20.7 Å². The van der Waals surface area contributed by atoms with E-state index in [-0.39, 0.29) is 29.9 Å². The number of carbonyl (C=O) groups is 1. The number of halogens is 1. The van der Waals surface area contributed by atoms with Crippen molar-refractivity contribution >= 4 is 41.7 Å². The van der Waals surface area contributed by atoms with E-state index in [9.17, 15) is 4.79 Å². The molecule has 1 aromatic carbocycles. The molecule has 3 N–H and O–H groups in total. The molecule has 1 aromatic heterocycles. The molecular weight excluding hydrogens is 505 g/mol. The van der Waals surface area contributed by atoms with Gasteiger partial charge in [0, 0.05) is 38.3 Å². The molecule has 0 spiro atoms. The van der Waals surface area contributed by atoms with Gasteiger partial charge in [0.05, 0.1) is 6.61 Å². The summed E-state index contributed by atoms with van der Waals surface area (Å²) in [4.78, 5) is 20.5. The molecule has 0 unspecified atom stereocenters. The molecule has 1 aliphatic rings. The first kappa shape index (κ1) is 24.9. The molecule has 0 bridgehead atoms. The molecule has 1 saturated carbocycles. The molecule has 0 atom stereocenters. The van der Waals surface area contributed by atoms with E-state index in [0.29, 0.717) is 37.2 Å². The number of rotatable bonds is 9. The smallest absolute Gasteiger partial charge is 0.227 e. The van der Waals surface area contributed by atoms with Gasteiger partial charge in [-0.05, 0) is 55.9 Å². The number of aliphatic imine (C=N–C) groups is 1. The van der Waals surface area contributed by atoms with Crippen molar-refractivity contribution in [3.8, 4) is 5.75 Å². The van der Waals surface area contributed by atoms with Crippen LogP contribution >= 0.6 is 24.0 Å². The molecule has 3 rings (SSSR count). The Morgan fingerprint density at radius 2 is 1.94 bits per heavy atom. The number of hydrogen-bond donors (Lipinski definition) is 3. The summed E-state index contributed by atoms with van der Waals surface area (Å²) in [6.07, 6.45) is 4.58. The Labute approximate surface area is 201 Å². The number of hydrogen-bond acceptors (Lipinski definition) is 4. The van der Waals surface area contributed by atoms with Crippen LogP contribution in [0.2, 0.25) is 0 Å². The van der Waals surface area contributed by atoms with Crippen LogP contribution in [0.3, 0.4) is 0 Å². The Balaban J connectivity index is 0.00000341. The maximum atomic E-state index is 12.1. The van der Waals surface area contributed by atoms with Crippen LogP contribution in [-0.2, 0) is 11.3 Å². The summed E-state index contributed by atoms with van der Waals surface area (Å²) < 4.78 is 6.03. The van der Waals surface area contributed by atoms with Crippen LogP contribution in [0.15, 0.2) is 41.5 Å². The maximum Gasteiger partial charge on any atom is 0.227 e. The summed E-state index contributed by atoms with van der Waals surface area (Å²) in [6, 6.07) is 9.96. The van der Waals surface area contributed by atoms with Crippen molar-refractivity contribution in [3.05, 3.63) is 53.2 Å². The largest absolute Gasteiger partial charge is 0.493 e. The van der Waals surface area contributed by atoms with Crippen LogP contribution in [-0.4, -0.2) is 37.1 Å². The van der Waals surface area contributed by atoms with Gasteiger partial charge in [-0.3, -0.25) is 9.79 Å². The molecule has 0 saturated heterocycles. The quantitative estimate of drug-likeness (QED) is 0.258. The Hall–Kier alpha value is -2.36. The molecular formula is C23H32IN5O2. The van der Waals surface area contributed by atoms with E-state index in [0.717, 1.165) is 23.5 Å². The van der Waals surface area contributed by atoms with Gasteiger partial charge in [-0.15, -0.1) is 24.0 Å². The van der Waals surface area contributed by atoms with E-state index in [2.05, 4.69) is 51.0 Å². The standard InChI is InChI=1S/C23H31N5O2.HI/c1-16-4-8-19(20(12-16)30-15-18-6-7-18)14-27-23(24-3)25-11-10-22(29)28-21-9-5-17(2)13-26-21;/h4-5,8-9,12-13,18H,6-7,10-11,14-15H2,1-3H3,(H2,24,25,27)(H,26,28,29);1H. The highest BCUT2D eigenvalue weighted by Gasteiger charge is 2.22. The van der Waals surface area contributed by atoms with Gasteiger partial charge in [-0.25, -0.2) is 4.98 Å². The SMILES string of the molecule is CN=C(NCCC(=O)Nc1ccc(C)cn1)NCc1ccc(C)cc1OCC1CC1.I. The summed E-state index contributed by atoms with van der Waals surface area (Å²) in [5, 5.41) is 9.26. The number of ether oxygens (including phenoxy) is 1. The zero-order valence-corrected chi connectivity index (χ0v) is 20.7. The van der Waals surface area contributed by atoms with E-state index >= 15 is 0 Å². The Morgan fingerprint density at radius 3 is 2.61 bits per heavy atom. The molecule has 1 amide bonds. The zero-order valence-electron chi connectivity index (χ0n) is 18.4. The van der Waals surface area contributed by atoms with Crippen molar-refractivity contribution in [1.29, 1.82) is 0 Å². The molecule has 0 aliphatic heterocycles. The fourth-order valence-electron chi connectivity index (χ4n) is 2.88. The second kappa shape index (κ2) is 12.5. The molecule has 31 heavy (non-hydrogen) atoms. The van der Waals surface area contributed by atoms with Crippen molar-refractivity contribution in [2.45, 2.75) is 39.7 Å². The first-order valence-electron chi connectivity index (χ1n) is 10.4. The second-order valence-electron chi connectivity index (χ2n) is 7.74. The van der Waals surface area contributed by atoms with Crippen molar-refractivity contribution in [1.82, 2.24) is 15.6 Å². The van der Waals surface area contributed by atoms with E-state index in [1.54, 1.807) is 19.3 Å². The zero-order chi connectivity index (χ0) is 21.3. The third kappa shape index (κ3) is 8.72. The maximum absolute atomic E-state index is 12.1. The monoisotopic (exact) mass is 537 g/mol. The van der Waals surface area contributed by atoms with E-state index in [4.69, 9.17) is 4.74 Å². The summed E-state index contributed by atoms with van der Waals surface area (Å²) in [5.41, 5.74) is 3.33. The van der Waals surface area contributed by atoms with Gasteiger partial charge in [-0.1, -0.05) is 18.2 Å². The van der Waals surface area contributed by atoms with Crippen LogP contribution in [0.25, 0.3) is 0 Å². The van der Waals surface area contributed by atoms with Gasteiger partial charge in [-0.2, -0.15) is 0 Å². The van der Waals surface area contributed by atoms with Gasteiger partial charge in [0.25, 0.3) is 0 Å².